The zero-order chi connectivity index (χ0) is 13.0. The van der Waals surface area contributed by atoms with E-state index < -0.39 is 0 Å². The van der Waals surface area contributed by atoms with E-state index in [2.05, 4.69) is 5.32 Å². The Balaban J connectivity index is 1.90. The Morgan fingerprint density at radius 3 is 2.78 bits per heavy atom. The number of nitrogens with one attached hydrogen (secondary N) is 1. The molecular weight excluding hydrogens is 228 g/mol. The molecule has 1 aromatic rings. The van der Waals surface area contributed by atoms with Crippen molar-refractivity contribution in [2.75, 3.05) is 0 Å². The highest BCUT2D eigenvalue weighted by Gasteiger charge is 2.23. The molecule has 0 aliphatic heterocycles. The third kappa shape index (κ3) is 3.23. The average Bonchev–Trinajstić information content (AvgIpc) is 2.35. The summed E-state index contributed by atoms with van der Waals surface area (Å²) in [7, 11) is 0. The van der Waals surface area contributed by atoms with Gasteiger partial charge in [0.1, 0.15) is 5.75 Å². The molecule has 0 bridgehead atoms. The molecule has 1 aliphatic rings. The maximum atomic E-state index is 11.9. The van der Waals surface area contributed by atoms with Crippen LogP contribution in [0.15, 0.2) is 24.3 Å². The fraction of sp³-hybridized carbons (Fsp3) is 0.500. The van der Waals surface area contributed by atoms with Gasteiger partial charge in [-0.2, -0.15) is 0 Å². The van der Waals surface area contributed by atoms with Crippen LogP contribution in [0.25, 0.3) is 0 Å². The van der Waals surface area contributed by atoms with Crippen LogP contribution in [-0.4, -0.2) is 23.1 Å². The number of hydrogen-bond acceptors (Lipinski definition) is 3. The van der Waals surface area contributed by atoms with Crippen molar-refractivity contribution in [2.24, 2.45) is 5.73 Å². The zero-order valence-electron chi connectivity index (χ0n) is 10.4. The predicted molar refractivity (Wildman–Crippen MR) is 70.2 cm³/mol. The van der Waals surface area contributed by atoms with E-state index in [0.717, 1.165) is 25.7 Å². The number of amides is 1. The second-order valence-electron chi connectivity index (χ2n) is 4.93. The molecule has 0 heterocycles. The lowest BCUT2D eigenvalue weighted by Crippen LogP contribution is -2.49. The maximum Gasteiger partial charge on any atom is 0.224 e. The first kappa shape index (κ1) is 12.9. The third-order valence-electron chi connectivity index (χ3n) is 3.51. The number of phenolic OH excluding ortho intramolecular Hbond substituents is 1. The van der Waals surface area contributed by atoms with Crippen molar-refractivity contribution in [3.05, 3.63) is 29.8 Å². The van der Waals surface area contributed by atoms with Gasteiger partial charge in [0.15, 0.2) is 0 Å². The van der Waals surface area contributed by atoms with Gasteiger partial charge in [-0.25, -0.2) is 0 Å². The SMILES string of the molecule is NC1CCCCC1NC(=O)Cc1ccccc1O. The first-order valence-electron chi connectivity index (χ1n) is 6.48. The monoisotopic (exact) mass is 248 g/mol. The van der Waals surface area contributed by atoms with Gasteiger partial charge in [0.05, 0.1) is 6.42 Å². The number of carbonyl (C=O) groups excluding carboxylic acids is 1. The summed E-state index contributed by atoms with van der Waals surface area (Å²) in [5, 5.41) is 12.6. The Hall–Kier alpha value is -1.55. The van der Waals surface area contributed by atoms with Crippen LogP contribution in [0, 0.1) is 0 Å². The van der Waals surface area contributed by atoms with E-state index >= 15 is 0 Å². The molecule has 18 heavy (non-hydrogen) atoms. The fourth-order valence-electron chi connectivity index (χ4n) is 2.43. The minimum atomic E-state index is -0.0705. The molecule has 0 radical (unpaired) electrons. The molecule has 1 fully saturated rings. The molecule has 0 spiro atoms. The number of para-hydroxylation sites is 1. The van der Waals surface area contributed by atoms with E-state index in [-0.39, 0.29) is 30.2 Å². The highest BCUT2D eigenvalue weighted by atomic mass is 16.3. The largest absolute Gasteiger partial charge is 0.508 e. The third-order valence-corrected chi connectivity index (χ3v) is 3.51. The van der Waals surface area contributed by atoms with Gasteiger partial charge in [0, 0.05) is 17.6 Å². The molecule has 1 aromatic carbocycles. The van der Waals surface area contributed by atoms with E-state index in [1.165, 1.54) is 0 Å². The first-order valence-corrected chi connectivity index (χ1v) is 6.48. The minimum Gasteiger partial charge on any atom is -0.508 e. The predicted octanol–water partition coefficient (Wildman–Crippen LogP) is 1.32. The summed E-state index contributed by atoms with van der Waals surface area (Å²) in [5.41, 5.74) is 6.64. The molecule has 2 rings (SSSR count). The van der Waals surface area contributed by atoms with Crippen LogP contribution >= 0.6 is 0 Å². The van der Waals surface area contributed by atoms with Crippen LogP contribution < -0.4 is 11.1 Å². The van der Waals surface area contributed by atoms with Crippen LogP contribution in [0.2, 0.25) is 0 Å². The summed E-state index contributed by atoms with van der Waals surface area (Å²) in [6, 6.07) is 7.05. The van der Waals surface area contributed by atoms with Crippen molar-refractivity contribution in [1.29, 1.82) is 0 Å². The van der Waals surface area contributed by atoms with Crippen LogP contribution in [0.3, 0.4) is 0 Å². The average molecular weight is 248 g/mol. The van der Waals surface area contributed by atoms with Crippen molar-refractivity contribution in [2.45, 2.75) is 44.2 Å². The number of benzene rings is 1. The molecule has 1 saturated carbocycles. The van der Waals surface area contributed by atoms with Crippen molar-refractivity contribution < 1.29 is 9.90 Å². The van der Waals surface area contributed by atoms with E-state index in [0.29, 0.717) is 5.56 Å². The molecule has 1 aliphatic carbocycles. The second kappa shape index (κ2) is 5.87. The molecule has 0 aromatic heterocycles. The van der Waals surface area contributed by atoms with Crippen LogP contribution in [-0.2, 0) is 11.2 Å². The zero-order valence-corrected chi connectivity index (χ0v) is 10.4. The lowest BCUT2D eigenvalue weighted by atomic mass is 9.91. The quantitative estimate of drug-likeness (QED) is 0.755. The van der Waals surface area contributed by atoms with Gasteiger partial charge in [-0.3, -0.25) is 4.79 Å². The number of phenols is 1. The lowest BCUT2D eigenvalue weighted by molar-refractivity contribution is -0.121. The van der Waals surface area contributed by atoms with Gasteiger partial charge >= 0.3 is 0 Å². The summed E-state index contributed by atoms with van der Waals surface area (Å²) in [5.74, 6) is 0.0967. The summed E-state index contributed by atoms with van der Waals surface area (Å²) in [6.45, 7) is 0. The van der Waals surface area contributed by atoms with Crippen molar-refractivity contribution >= 4 is 5.91 Å². The highest BCUT2D eigenvalue weighted by molar-refractivity contribution is 5.79. The van der Waals surface area contributed by atoms with E-state index in [1.54, 1.807) is 18.2 Å². The number of hydrogen-bond donors (Lipinski definition) is 3. The van der Waals surface area contributed by atoms with Gasteiger partial charge in [0.25, 0.3) is 0 Å². The van der Waals surface area contributed by atoms with Crippen LogP contribution in [0.1, 0.15) is 31.2 Å². The Morgan fingerprint density at radius 2 is 2.06 bits per heavy atom. The van der Waals surface area contributed by atoms with Crippen molar-refractivity contribution in [1.82, 2.24) is 5.32 Å². The molecular formula is C14H20N2O2. The van der Waals surface area contributed by atoms with E-state index in [4.69, 9.17) is 5.73 Å². The summed E-state index contributed by atoms with van der Waals surface area (Å²) >= 11 is 0. The maximum absolute atomic E-state index is 11.9. The lowest BCUT2D eigenvalue weighted by Gasteiger charge is -2.29. The Morgan fingerprint density at radius 1 is 1.33 bits per heavy atom. The van der Waals surface area contributed by atoms with E-state index in [9.17, 15) is 9.90 Å². The molecule has 1 amide bonds. The van der Waals surface area contributed by atoms with Crippen LogP contribution in [0.5, 0.6) is 5.75 Å². The van der Waals surface area contributed by atoms with Crippen molar-refractivity contribution in [3.8, 4) is 5.75 Å². The Bertz CT molecular complexity index is 420. The standard InChI is InChI=1S/C14H20N2O2/c15-11-6-2-3-7-12(11)16-14(18)9-10-5-1-4-8-13(10)17/h1,4-5,8,11-12,17H,2-3,6-7,9,15H2,(H,16,18). The van der Waals surface area contributed by atoms with Crippen molar-refractivity contribution in [3.63, 3.8) is 0 Å². The van der Waals surface area contributed by atoms with Gasteiger partial charge in [0.2, 0.25) is 5.91 Å². The summed E-state index contributed by atoms with van der Waals surface area (Å²) in [4.78, 5) is 11.9. The molecule has 98 valence electrons. The van der Waals surface area contributed by atoms with Gasteiger partial charge in [-0.15, -0.1) is 0 Å². The second-order valence-corrected chi connectivity index (χ2v) is 4.93. The molecule has 4 N–H and O–H groups in total. The highest BCUT2D eigenvalue weighted by Crippen LogP contribution is 2.18. The van der Waals surface area contributed by atoms with Crippen LogP contribution in [0.4, 0.5) is 0 Å². The molecule has 4 nitrogen and oxygen atoms in total. The number of rotatable bonds is 3. The normalized spacial score (nSPS) is 23.6. The summed E-state index contributed by atoms with van der Waals surface area (Å²) in [6.07, 6.45) is 4.40. The number of aromatic hydroxyl groups is 1. The fourth-order valence-corrected chi connectivity index (χ4v) is 2.43. The molecule has 2 unspecified atom stereocenters. The van der Waals surface area contributed by atoms with E-state index in [1.807, 2.05) is 6.07 Å². The number of carbonyl (C=O) groups is 1. The summed E-state index contributed by atoms with van der Waals surface area (Å²) < 4.78 is 0. The minimum absolute atomic E-state index is 0.0621. The topological polar surface area (TPSA) is 75.3 Å². The van der Waals surface area contributed by atoms with Gasteiger partial charge in [-0.1, -0.05) is 31.0 Å². The molecule has 2 atom stereocenters. The molecule has 0 saturated heterocycles. The number of nitrogens with two attached hydrogens (primary N) is 1. The van der Waals surface area contributed by atoms with Gasteiger partial charge in [-0.05, 0) is 18.9 Å². The first-order chi connectivity index (χ1) is 8.66. The Labute approximate surface area is 107 Å². The van der Waals surface area contributed by atoms with Gasteiger partial charge < -0.3 is 16.2 Å². The Kier molecular flexibility index (Phi) is 4.20. The smallest absolute Gasteiger partial charge is 0.224 e. The molecule has 4 heteroatoms.